The van der Waals surface area contributed by atoms with Crippen molar-refractivity contribution in [3.63, 3.8) is 0 Å². The number of hydrogen-bond donors (Lipinski definition) is 0. The van der Waals surface area contributed by atoms with E-state index in [9.17, 15) is 9.59 Å². The summed E-state index contributed by atoms with van der Waals surface area (Å²) in [6.45, 7) is 8.11. The first-order chi connectivity index (χ1) is 15.3. The van der Waals surface area contributed by atoms with Gasteiger partial charge in [0, 0.05) is 36.3 Å². The largest absolute Gasteiger partial charge is 0.461 e. The molecule has 1 aromatic carbocycles. The Morgan fingerprint density at radius 3 is 2.62 bits per heavy atom. The van der Waals surface area contributed by atoms with Crippen molar-refractivity contribution in [1.82, 2.24) is 14.1 Å². The lowest BCUT2D eigenvalue weighted by Gasteiger charge is -2.21. The van der Waals surface area contributed by atoms with Gasteiger partial charge in [-0.2, -0.15) is 0 Å². The molecule has 3 rings (SSSR count). The molecule has 3 aromatic rings. The summed E-state index contributed by atoms with van der Waals surface area (Å²) in [5.41, 5.74) is 3.51. The van der Waals surface area contributed by atoms with E-state index >= 15 is 0 Å². The summed E-state index contributed by atoms with van der Waals surface area (Å²) < 4.78 is 9.30. The molecule has 0 aliphatic heterocycles. The van der Waals surface area contributed by atoms with Gasteiger partial charge in [0.05, 0.1) is 12.3 Å². The quantitative estimate of drug-likeness (QED) is 0.309. The van der Waals surface area contributed by atoms with Crippen molar-refractivity contribution in [1.29, 1.82) is 0 Å². The predicted molar refractivity (Wildman–Crippen MR) is 129 cm³/mol. The summed E-state index contributed by atoms with van der Waals surface area (Å²) in [4.78, 5) is 29.5. The van der Waals surface area contributed by atoms with Crippen LogP contribution in [0.15, 0.2) is 58.7 Å². The molecule has 0 aliphatic rings. The molecule has 0 saturated carbocycles. The molecule has 168 valence electrons. The van der Waals surface area contributed by atoms with Gasteiger partial charge >= 0.3 is 5.97 Å². The maximum Gasteiger partial charge on any atom is 0.358 e. The van der Waals surface area contributed by atoms with Gasteiger partial charge in [0.2, 0.25) is 0 Å². The van der Waals surface area contributed by atoms with Gasteiger partial charge in [-0.15, -0.1) is 6.58 Å². The molecule has 2 heterocycles. The van der Waals surface area contributed by atoms with E-state index in [0.717, 1.165) is 11.1 Å². The molecule has 0 amide bonds. The summed E-state index contributed by atoms with van der Waals surface area (Å²) in [6.07, 6.45) is 4.12. The Morgan fingerprint density at radius 1 is 1.34 bits per heavy atom. The SMILES string of the molecule is C=CCn1c(Br)nc(C(=O)OCC)c1C(Cc1cc(C)c(=O)n(C)c1)c1ccc(Cl)cc1. The first kappa shape index (κ1) is 24.0. The third-order valence-electron chi connectivity index (χ3n) is 5.20. The highest BCUT2D eigenvalue weighted by Gasteiger charge is 2.30. The summed E-state index contributed by atoms with van der Waals surface area (Å²) in [6, 6.07) is 9.41. The van der Waals surface area contributed by atoms with Crippen LogP contribution in [0.3, 0.4) is 0 Å². The van der Waals surface area contributed by atoms with Crippen LogP contribution in [0, 0.1) is 6.92 Å². The minimum atomic E-state index is -0.485. The molecule has 2 aromatic heterocycles. The zero-order chi connectivity index (χ0) is 23.4. The smallest absolute Gasteiger partial charge is 0.358 e. The Balaban J connectivity index is 2.23. The van der Waals surface area contributed by atoms with Crippen LogP contribution in [0.4, 0.5) is 0 Å². The number of carbonyl (C=O) groups excluding carboxylic acids is 1. The summed E-state index contributed by atoms with van der Waals surface area (Å²) in [7, 11) is 1.73. The zero-order valence-corrected chi connectivity index (χ0v) is 20.6. The number of esters is 1. The third-order valence-corrected chi connectivity index (χ3v) is 6.06. The maximum absolute atomic E-state index is 12.8. The lowest BCUT2D eigenvalue weighted by molar-refractivity contribution is 0.0518. The van der Waals surface area contributed by atoms with Crippen LogP contribution >= 0.6 is 27.5 Å². The minimum absolute atomic E-state index is 0.0385. The van der Waals surface area contributed by atoms with E-state index in [1.54, 1.807) is 31.5 Å². The van der Waals surface area contributed by atoms with Crippen molar-refractivity contribution in [2.45, 2.75) is 32.7 Å². The molecule has 0 saturated heterocycles. The number of aromatic nitrogens is 3. The normalized spacial score (nSPS) is 11.9. The van der Waals surface area contributed by atoms with Crippen LogP contribution in [0.1, 0.15) is 45.7 Å². The van der Waals surface area contributed by atoms with Gasteiger partial charge in [-0.25, -0.2) is 9.78 Å². The third kappa shape index (κ3) is 5.05. The first-order valence-corrected chi connectivity index (χ1v) is 11.4. The average molecular weight is 519 g/mol. The molecular formula is C24H25BrClN3O3. The van der Waals surface area contributed by atoms with Gasteiger partial charge < -0.3 is 13.9 Å². The van der Waals surface area contributed by atoms with Crippen LogP contribution in [-0.4, -0.2) is 26.7 Å². The van der Waals surface area contributed by atoms with Crippen molar-refractivity contribution in [2.75, 3.05) is 6.61 Å². The van der Waals surface area contributed by atoms with E-state index in [1.807, 2.05) is 41.1 Å². The maximum atomic E-state index is 12.8. The summed E-state index contributed by atoms with van der Waals surface area (Å²) >= 11 is 9.63. The Morgan fingerprint density at radius 2 is 2.03 bits per heavy atom. The number of pyridine rings is 1. The number of aryl methyl sites for hydroxylation is 2. The van der Waals surface area contributed by atoms with E-state index in [2.05, 4.69) is 27.5 Å². The summed E-state index contributed by atoms with van der Waals surface area (Å²) in [5.74, 6) is -0.732. The number of allylic oxidation sites excluding steroid dienone is 1. The highest BCUT2D eigenvalue weighted by molar-refractivity contribution is 9.10. The number of imidazole rings is 1. The fraction of sp³-hybridized carbons (Fsp3) is 0.292. The van der Waals surface area contributed by atoms with Crippen molar-refractivity contribution in [2.24, 2.45) is 7.05 Å². The number of carbonyl (C=O) groups is 1. The number of hydrogen-bond acceptors (Lipinski definition) is 4. The topological polar surface area (TPSA) is 66.1 Å². The average Bonchev–Trinajstić information content (AvgIpc) is 3.07. The van der Waals surface area contributed by atoms with Gasteiger partial charge in [-0.3, -0.25) is 4.79 Å². The van der Waals surface area contributed by atoms with Crippen molar-refractivity contribution in [3.8, 4) is 0 Å². The second-order valence-corrected chi connectivity index (χ2v) is 8.64. The van der Waals surface area contributed by atoms with Gasteiger partial charge in [-0.05, 0) is 65.5 Å². The second-order valence-electron chi connectivity index (χ2n) is 7.49. The molecule has 0 radical (unpaired) electrons. The van der Waals surface area contributed by atoms with Gasteiger partial charge in [-0.1, -0.05) is 29.8 Å². The summed E-state index contributed by atoms with van der Waals surface area (Å²) in [5, 5.41) is 0.622. The van der Waals surface area contributed by atoms with Crippen molar-refractivity contribution < 1.29 is 9.53 Å². The number of nitrogens with zero attached hydrogens (tertiary/aromatic N) is 3. The highest BCUT2D eigenvalue weighted by Crippen LogP contribution is 2.34. The van der Waals surface area contributed by atoms with Crippen LogP contribution < -0.4 is 5.56 Å². The molecule has 0 fully saturated rings. The molecular weight excluding hydrogens is 494 g/mol. The van der Waals surface area contributed by atoms with E-state index in [-0.39, 0.29) is 23.8 Å². The zero-order valence-electron chi connectivity index (χ0n) is 18.3. The Labute approximate surface area is 200 Å². The van der Waals surface area contributed by atoms with Crippen LogP contribution in [0.25, 0.3) is 0 Å². The second kappa shape index (κ2) is 10.3. The van der Waals surface area contributed by atoms with Gasteiger partial charge in [0.1, 0.15) is 0 Å². The van der Waals surface area contributed by atoms with E-state index in [1.165, 1.54) is 0 Å². The molecule has 0 bridgehead atoms. The molecule has 0 N–H and O–H groups in total. The number of benzene rings is 1. The van der Waals surface area contributed by atoms with Gasteiger partial charge in [0.15, 0.2) is 10.4 Å². The number of ether oxygens (including phenoxy) is 1. The monoisotopic (exact) mass is 517 g/mol. The van der Waals surface area contributed by atoms with Crippen molar-refractivity contribution >= 4 is 33.5 Å². The highest BCUT2D eigenvalue weighted by atomic mass is 79.9. The molecule has 1 unspecified atom stereocenters. The van der Waals surface area contributed by atoms with E-state index in [4.69, 9.17) is 16.3 Å². The molecule has 0 spiro atoms. The Hall–Kier alpha value is -2.64. The van der Waals surface area contributed by atoms with E-state index < -0.39 is 5.97 Å². The number of halogens is 2. The molecule has 1 atom stereocenters. The molecule has 0 aliphatic carbocycles. The van der Waals surface area contributed by atoms with Gasteiger partial charge in [0.25, 0.3) is 5.56 Å². The fourth-order valence-electron chi connectivity index (χ4n) is 3.82. The van der Waals surface area contributed by atoms with Crippen molar-refractivity contribution in [3.05, 3.63) is 97.4 Å². The van der Waals surface area contributed by atoms with Crippen LogP contribution in [0.2, 0.25) is 5.02 Å². The predicted octanol–water partition coefficient (Wildman–Crippen LogP) is 5.04. The van der Waals surface area contributed by atoms with E-state index in [0.29, 0.717) is 34.0 Å². The van der Waals surface area contributed by atoms with Crippen LogP contribution in [-0.2, 0) is 24.8 Å². The molecule has 8 heteroatoms. The molecule has 6 nitrogen and oxygen atoms in total. The Kier molecular flexibility index (Phi) is 7.74. The minimum Gasteiger partial charge on any atom is -0.461 e. The molecule has 32 heavy (non-hydrogen) atoms. The standard InChI is InChI=1S/C24H25BrClN3O3/c1-5-11-29-21(20(27-24(29)25)23(31)32-6-2)19(17-7-9-18(26)10-8-17)13-16-12-15(3)22(30)28(4)14-16/h5,7-10,12,14,19H,1,6,11,13H2,2-4H3. The van der Waals surface area contributed by atoms with Crippen LogP contribution in [0.5, 0.6) is 0 Å². The lowest BCUT2D eigenvalue weighted by atomic mass is 9.88. The number of rotatable bonds is 8. The fourth-order valence-corrected chi connectivity index (χ4v) is 4.46. The Bertz CT molecular complexity index is 1170. The lowest BCUT2D eigenvalue weighted by Crippen LogP contribution is -2.21. The first-order valence-electron chi connectivity index (χ1n) is 10.2.